The molecule has 2 aromatic rings. The Hall–Kier alpha value is -0.520. The van der Waals surface area contributed by atoms with Gasteiger partial charge in [-0.05, 0) is 122 Å². The lowest BCUT2D eigenvalue weighted by atomic mass is 9.79. The van der Waals surface area contributed by atoms with E-state index in [0.29, 0.717) is 18.6 Å². The molecule has 0 aliphatic heterocycles. The van der Waals surface area contributed by atoms with E-state index in [1.54, 1.807) is 57.3 Å². The van der Waals surface area contributed by atoms with Crippen LogP contribution in [0.1, 0.15) is 38.5 Å². The monoisotopic (exact) mass is 795 g/mol. The second-order valence-electron chi connectivity index (χ2n) is 7.63. The van der Waals surface area contributed by atoms with Crippen LogP contribution in [0.5, 0.6) is 11.5 Å². The third-order valence-electron chi connectivity index (χ3n) is 5.20. The van der Waals surface area contributed by atoms with Crippen LogP contribution >= 0.6 is 67.8 Å². The van der Waals surface area contributed by atoms with Crippen molar-refractivity contribution in [3.63, 3.8) is 0 Å². The van der Waals surface area contributed by atoms with Crippen LogP contribution in [0, 0.1) is 16.1 Å². The average Bonchev–Trinajstić information content (AvgIpc) is 3.09. The summed E-state index contributed by atoms with van der Waals surface area (Å²) in [5.74, 6) is -0.289. The number of rotatable bonds is 7. The Morgan fingerprint density at radius 3 is 1.81 bits per heavy atom. The van der Waals surface area contributed by atoms with E-state index in [4.69, 9.17) is 9.47 Å². The van der Waals surface area contributed by atoms with Gasteiger partial charge in [0.05, 0.1) is 17.7 Å². The molecule has 0 amide bonds. The molecule has 0 N–H and O–H groups in total. The summed E-state index contributed by atoms with van der Waals surface area (Å²) in [5, 5.41) is 0. The number of ether oxygens (including phenoxy) is 2. The lowest BCUT2D eigenvalue weighted by Gasteiger charge is -2.26. The van der Waals surface area contributed by atoms with Crippen molar-refractivity contribution in [2.75, 3.05) is 0 Å². The SMILES string of the molecule is O=C(CC1(CC(=O)Oc2cc(I)c(S(=O)(=O)[O-])c(I)c2)CCCC1)Oc1ccc(I)cc1. The number of carbonyl (C=O) groups is 2. The first-order valence-corrected chi connectivity index (χ1v) is 14.2. The fourth-order valence-corrected chi connectivity index (χ4v) is 8.11. The molecular weight excluding hydrogens is 777 g/mol. The number of carbonyl (C=O) groups excluding carboxylic acids is 2. The molecule has 3 rings (SSSR count). The molecule has 1 saturated carbocycles. The molecule has 32 heavy (non-hydrogen) atoms. The van der Waals surface area contributed by atoms with Crippen LogP contribution in [0.15, 0.2) is 41.3 Å². The highest BCUT2D eigenvalue weighted by Crippen LogP contribution is 2.44. The van der Waals surface area contributed by atoms with Gasteiger partial charge >= 0.3 is 11.9 Å². The smallest absolute Gasteiger partial charge is 0.311 e. The maximum atomic E-state index is 12.7. The van der Waals surface area contributed by atoms with E-state index >= 15 is 0 Å². The highest BCUT2D eigenvalue weighted by atomic mass is 127. The number of halogens is 3. The normalized spacial score (nSPS) is 15.4. The topological polar surface area (TPSA) is 110 Å². The van der Waals surface area contributed by atoms with Gasteiger partial charge in [0.15, 0.2) is 0 Å². The van der Waals surface area contributed by atoms with Crippen LogP contribution in [0.4, 0.5) is 0 Å². The molecule has 0 bridgehead atoms. The molecule has 0 radical (unpaired) electrons. The van der Waals surface area contributed by atoms with Gasteiger partial charge in [0.1, 0.15) is 21.6 Å². The van der Waals surface area contributed by atoms with Crippen LogP contribution in [0.25, 0.3) is 0 Å². The summed E-state index contributed by atoms with van der Waals surface area (Å²) in [6, 6.07) is 9.83. The largest absolute Gasteiger partial charge is 0.744 e. The third-order valence-corrected chi connectivity index (χ3v) is 9.29. The predicted octanol–water partition coefficient (Wildman–Crippen LogP) is 5.26. The minimum absolute atomic E-state index is 0.0452. The number of benzene rings is 2. The van der Waals surface area contributed by atoms with Crippen molar-refractivity contribution in [1.82, 2.24) is 0 Å². The maximum absolute atomic E-state index is 12.7. The first-order chi connectivity index (χ1) is 15.0. The van der Waals surface area contributed by atoms with E-state index in [1.165, 1.54) is 12.1 Å². The number of hydrogen-bond acceptors (Lipinski definition) is 7. The van der Waals surface area contributed by atoms with E-state index in [1.807, 2.05) is 12.1 Å². The lowest BCUT2D eigenvalue weighted by Crippen LogP contribution is -2.28. The van der Waals surface area contributed by atoms with E-state index in [0.717, 1.165) is 16.4 Å². The fraction of sp³-hybridized carbons (Fsp3) is 0.333. The fourth-order valence-electron chi connectivity index (χ4n) is 3.83. The van der Waals surface area contributed by atoms with Gasteiger partial charge in [0, 0.05) is 10.7 Å². The molecule has 172 valence electrons. The van der Waals surface area contributed by atoms with Gasteiger partial charge in [0.2, 0.25) is 0 Å². The molecule has 0 spiro atoms. The molecule has 1 aliphatic rings. The van der Waals surface area contributed by atoms with Crippen molar-refractivity contribution in [2.24, 2.45) is 5.41 Å². The summed E-state index contributed by atoms with van der Waals surface area (Å²) in [7, 11) is -4.64. The van der Waals surface area contributed by atoms with E-state index < -0.39 is 27.5 Å². The Kier molecular flexibility index (Phi) is 8.82. The molecule has 0 unspecified atom stereocenters. The Morgan fingerprint density at radius 2 is 1.34 bits per heavy atom. The van der Waals surface area contributed by atoms with E-state index in [-0.39, 0.29) is 30.6 Å². The summed E-state index contributed by atoms with van der Waals surface area (Å²) in [6.07, 6.45) is 3.41. The maximum Gasteiger partial charge on any atom is 0.311 e. The predicted molar refractivity (Wildman–Crippen MR) is 140 cm³/mol. The van der Waals surface area contributed by atoms with Gasteiger partial charge in [-0.1, -0.05) is 12.8 Å². The molecule has 0 saturated heterocycles. The Labute approximate surface area is 227 Å². The van der Waals surface area contributed by atoms with Gasteiger partial charge in [-0.15, -0.1) is 0 Å². The Bertz CT molecular complexity index is 1100. The molecule has 11 heteroatoms. The van der Waals surface area contributed by atoms with Crippen molar-refractivity contribution >= 4 is 89.8 Å². The minimum Gasteiger partial charge on any atom is -0.744 e. The quantitative estimate of drug-likeness (QED) is 0.163. The molecule has 0 aromatic heterocycles. The highest BCUT2D eigenvalue weighted by molar-refractivity contribution is 14.1. The van der Waals surface area contributed by atoms with E-state index in [2.05, 4.69) is 22.6 Å². The molecule has 1 aliphatic carbocycles. The molecule has 0 atom stereocenters. The Balaban J connectivity index is 1.68. The zero-order valence-electron chi connectivity index (χ0n) is 16.6. The zero-order valence-corrected chi connectivity index (χ0v) is 23.9. The van der Waals surface area contributed by atoms with Crippen LogP contribution in [0.3, 0.4) is 0 Å². The standard InChI is InChI=1S/C21H19I3O7S/c22-13-3-5-14(6-4-13)30-18(25)11-21(7-1-2-8-21)12-19(26)31-15-9-16(23)20(17(24)10-15)32(27,28)29/h3-6,9-10H,1-2,7-8,11-12H2,(H,27,28,29)/p-1. The number of hydrogen-bond donors (Lipinski definition) is 0. The third kappa shape index (κ3) is 6.99. The summed E-state index contributed by atoms with van der Waals surface area (Å²) < 4.78 is 46.5. The Morgan fingerprint density at radius 1 is 0.875 bits per heavy atom. The van der Waals surface area contributed by atoms with E-state index in [9.17, 15) is 22.6 Å². The summed E-state index contributed by atoms with van der Waals surface area (Å²) in [6.45, 7) is 0. The van der Waals surface area contributed by atoms with Crippen molar-refractivity contribution in [2.45, 2.75) is 43.4 Å². The summed E-state index contributed by atoms with van der Waals surface area (Å²) in [5.41, 5.74) is -0.532. The van der Waals surface area contributed by atoms with Gasteiger partial charge in [-0.2, -0.15) is 0 Å². The van der Waals surface area contributed by atoms with Crippen molar-refractivity contribution in [3.8, 4) is 11.5 Å². The van der Waals surface area contributed by atoms with Crippen LogP contribution in [0.2, 0.25) is 0 Å². The molecule has 0 heterocycles. The zero-order chi connectivity index (χ0) is 23.5. The van der Waals surface area contributed by atoms with Gasteiger partial charge in [-0.25, -0.2) is 8.42 Å². The highest BCUT2D eigenvalue weighted by Gasteiger charge is 2.39. The lowest BCUT2D eigenvalue weighted by molar-refractivity contribution is -0.140. The molecule has 2 aromatic carbocycles. The van der Waals surface area contributed by atoms with Gasteiger partial charge < -0.3 is 14.0 Å². The molecule has 7 nitrogen and oxygen atoms in total. The number of esters is 2. The van der Waals surface area contributed by atoms with Crippen LogP contribution < -0.4 is 9.47 Å². The van der Waals surface area contributed by atoms with Crippen molar-refractivity contribution < 1.29 is 32.0 Å². The van der Waals surface area contributed by atoms with Crippen molar-refractivity contribution in [3.05, 3.63) is 47.1 Å². The van der Waals surface area contributed by atoms with Crippen LogP contribution in [-0.2, 0) is 19.7 Å². The first kappa shape index (κ1) is 26.1. The summed E-state index contributed by atoms with van der Waals surface area (Å²) in [4.78, 5) is 24.9. The second kappa shape index (κ2) is 10.8. The minimum atomic E-state index is -4.64. The first-order valence-electron chi connectivity index (χ1n) is 9.59. The van der Waals surface area contributed by atoms with Crippen LogP contribution in [-0.4, -0.2) is 24.9 Å². The molecular formula is C21H18I3O7S-. The summed E-state index contributed by atoms with van der Waals surface area (Å²) >= 11 is 5.62. The van der Waals surface area contributed by atoms with Gasteiger partial charge in [-0.3, -0.25) is 9.59 Å². The molecule has 1 fully saturated rings. The second-order valence-corrected chi connectivity index (χ2v) is 12.5. The van der Waals surface area contributed by atoms with Crippen molar-refractivity contribution in [1.29, 1.82) is 0 Å². The average molecular weight is 795 g/mol. The van der Waals surface area contributed by atoms with Gasteiger partial charge in [0.25, 0.3) is 0 Å².